The Kier molecular flexibility index (Phi) is 4.52. The zero-order chi connectivity index (χ0) is 20.8. The molecule has 3 heteroatoms. The first-order valence-electron chi connectivity index (χ1n) is 10.2. The molecule has 2 heterocycles. The van der Waals surface area contributed by atoms with E-state index >= 15 is 0 Å². The largest absolute Gasteiger partial charge is 0.300 e. The Morgan fingerprint density at radius 2 is 1.26 bits per heavy atom. The predicted octanol–water partition coefficient (Wildman–Crippen LogP) is 8.94. The monoisotopic (exact) mass is 479 g/mol. The van der Waals surface area contributed by atoms with Gasteiger partial charge < -0.3 is 4.57 Å². The van der Waals surface area contributed by atoms with E-state index in [1.807, 2.05) is 11.3 Å². The molecule has 2 aromatic heterocycles. The minimum Gasteiger partial charge on any atom is -0.300 e. The first-order chi connectivity index (χ1) is 15.3. The quantitative estimate of drug-likeness (QED) is 0.238. The molecule has 148 valence electrons. The molecule has 0 radical (unpaired) electrons. The van der Waals surface area contributed by atoms with Gasteiger partial charge in [0, 0.05) is 31.2 Å². The molecule has 6 rings (SSSR count). The number of fused-ring (bicyclic) bond motifs is 3. The summed E-state index contributed by atoms with van der Waals surface area (Å²) in [4.78, 5) is 1.28. The minimum absolute atomic E-state index is 1.10. The molecule has 4 aromatic carbocycles. The second-order valence-electron chi connectivity index (χ2n) is 7.55. The number of halogens is 1. The van der Waals surface area contributed by atoms with E-state index < -0.39 is 0 Å². The van der Waals surface area contributed by atoms with E-state index in [0.29, 0.717) is 0 Å². The summed E-state index contributed by atoms with van der Waals surface area (Å²) >= 11 is 5.55. The van der Waals surface area contributed by atoms with Crippen LogP contribution in [-0.2, 0) is 0 Å². The van der Waals surface area contributed by atoms with Crippen molar-refractivity contribution in [1.82, 2.24) is 4.57 Å². The average Bonchev–Trinajstić information content (AvgIpc) is 3.35. The van der Waals surface area contributed by atoms with E-state index in [-0.39, 0.29) is 0 Å². The molecule has 31 heavy (non-hydrogen) atoms. The summed E-state index contributed by atoms with van der Waals surface area (Å²) < 4.78 is 4.84. The molecule has 6 aromatic rings. The van der Waals surface area contributed by atoms with E-state index in [2.05, 4.69) is 130 Å². The highest BCUT2D eigenvalue weighted by Crippen LogP contribution is 2.49. The van der Waals surface area contributed by atoms with E-state index in [4.69, 9.17) is 0 Å². The Labute approximate surface area is 193 Å². The van der Waals surface area contributed by atoms with Crippen LogP contribution in [0.1, 0.15) is 0 Å². The van der Waals surface area contributed by atoms with Crippen molar-refractivity contribution in [2.75, 3.05) is 0 Å². The first-order valence-corrected chi connectivity index (χ1v) is 11.8. The van der Waals surface area contributed by atoms with Crippen LogP contribution in [0.2, 0.25) is 0 Å². The number of benzene rings is 4. The third kappa shape index (κ3) is 3.04. The Balaban J connectivity index is 1.87. The summed E-state index contributed by atoms with van der Waals surface area (Å²) in [5.74, 6) is 0. The van der Waals surface area contributed by atoms with Gasteiger partial charge in [0.25, 0.3) is 0 Å². The number of para-hydroxylation sites is 1. The van der Waals surface area contributed by atoms with Crippen molar-refractivity contribution in [2.45, 2.75) is 0 Å². The lowest BCUT2D eigenvalue weighted by molar-refractivity contribution is 1.15. The standard InChI is InChI=1S/C28H18BrNS/c29-21-16-17-24-23(18-21)26-25(19-10-4-1-5-11-19)27(20-12-6-2-7-13-20)30(28(26)31-24)22-14-8-3-9-15-22/h1-18H. The van der Waals surface area contributed by atoms with Crippen LogP contribution in [0.25, 0.3) is 48.4 Å². The Hall–Kier alpha value is -3.14. The zero-order valence-corrected chi connectivity index (χ0v) is 19.0. The fourth-order valence-corrected chi connectivity index (χ4v) is 5.94. The molecule has 0 N–H and O–H groups in total. The number of rotatable bonds is 3. The van der Waals surface area contributed by atoms with Crippen molar-refractivity contribution in [3.05, 3.63) is 114 Å². The Morgan fingerprint density at radius 3 is 1.94 bits per heavy atom. The second kappa shape index (κ2) is 7.52. The van der Waals surface area contributed by atoms with Crippen molar-refractivity contribution in [3.8, 4) is 28.1 Å². The van der Waals surface area contributed by atoms with Crippen molar-refractivity contribution >= 4 is 47.6 Å². The van der Waals surface area contributed by atoms with E-state index in [1.54, 1.807) is 0 Å². The highest BCUT2D eigenvalue weighted by molar-refractivity contribution is 9.10. The molecule has 0 unspecified atom stereocenters. The average molecular weight is 480 g/mol. The summed E-state index contributed by atoms with van der Waals surface area (Å²) in [6.45, 7) is 0. The molecule has 0 fully saturated rings. The first kappa shape index (κ1) is 18.6. The normalized spacial score (nSPS) is 11.4. The fourth-order valence-electron chi connectivity index (χ4n) is 4.37. The van der Waals surface area contributed by atoms with Gasteiger partial charge in [0.2, 0.25) is 0 Å². The third-order valence-electron chi connectivity index (χ3n) is 5.67. The van der Waals surface area contributed by atoms with E-state index in [9.17, 15) is 0 Å². The maximum absolute atomic E-state index is 3.70. The maximum atomic E-state index is 3.70. The van der Waals surface area contributed by atoms with Crippen LogP contribution in [0.15, 0.2) is 114 Å². The van der Waals surface area contributed by atoms with Crippen LogP contribution in [-0.4, -0.2) is 4.57 Å². The van der Waals surface area contributed by atoms with Crippen LogP contribution in [0.5, 0.6) is 0 Å². The van der Waals surface area contributed by atoms with Crippen molar-refractivity contribution in [2.24, 2.45) is 0 Å². The number of nitrogens with zero attached hydrogens (tertiary/aromatic N) is 1. The van der Waals surface area contributed by atoms with Crippen LogP contribution in [0.4, 0.5) is 0 Å². The smallest absolute Gasteiger partial charge is 0.109 e. The molecule has 0 saturated heterocycles. The van der Waals surface area contributed by atoms with Crippen LogP contribution >= 0.6 is 27.3 Å². The van der Waals surface area contributed by atoms with Gasteiger partial charge >= 0.3 is 0 Å². The molecule has 0 aliphatic rings. The van der Waals surface area contributed by atoms with Crippen LogP contribution in [0, 0.1) is 0 Å². The summed E-state index contributed by atoms with van der Waals surface area (Å²) in [7, 11) is 0. The molecular weight excluding hydrogens is 462 g/mol. The molecule has 0 bridgehead atoms. The van der Waals surface area contributed by atoms with Crippen molar-refractivity contribution in [3.63, 3.8) is 0 Å². The van der Waals surface area contributed by atoms with Crippen LogP contribution in [0.3, 0.4) is 0 Å². The number of hydrogen-bond acceptors (Lipinski definition) is 1. The van der Waals surface area contributed by atoms with Crippen LogP contribution < -0.4 is 0 Å². The van der Waals surface area contributed by atoms with E-state index in [0.717, 1.165) is 4.47 Å². The summed E-state index contributed by atoms with van der Waals surface area (Å²) in [6, 6.07) is 38.8. The third-order valence-corrected chi connectivity index (χ3v) is 7.32. The molecule has 0 amide bonds. The maximum Gasteiger partial charge on any atom is 0.109 e. The molecule has 0 saturated carbocycles. The number of hydrogen-bond donors (Lipinski definition) is 0. The molecule has 1 nitrogen and oxygen atoms in total. The lowest BCUT2D eigenvalue weighted by Gasteiger charge is -2.13. The van der Waals surface area contributed by atoms with Gasteiger partial charge in [-0.15, -0.1) is 11.3 Å². The summed E-state index contributed by atoms with van der Waals surface area (Å²) in [5.41, 5.74) is 6.16. The van der Waals surface area contributed by atoms with Gasteiger partial charge in [-0.2, -0.15) is 0 Å². The summed E-state index contributed by atoms with van der Waals surface area (Å²) in [5, 5.41) is 2.61. The molecule has 0 spiro atoms. The minimum atomic E-state index is 1.10. The molecule has 0 aliphatic heterocycles. The molecule has 0 aliphatic carbocycles. The predicted molar refractivity (Wildman–Crippen MR) is 137 cm³/mol. The van der Waals surface area contributed by atoms with Gasteiger partial charge in [-0.25, -0.2) is 0 Å². The van der Waals surface area contributed by atoms with Gasteiger partial charge in [0.05, 0.1) is 5.69 Å². The number of aromatic nitrogens is 1. The lowest BCUT2D eigenvalue weighted by atomic mass is 9.97. The van der Waals surface area contributed by atoms with E-state index in [1.165, 1.54) is 48.4 Å². The highest BCUT2D eigenvalue weighted by Gasteiger charge is 2.24. The van der Waals surface area contributed by atoms with Gasteiger partial charge in [-0.3, -0.25) is 0 Å². The Bertz CT molecular complexity index is 1510. The number of thiophene rings is 1. The van der Waals surface area contributed by atoms with Gasteiger partial charge in [-0.1, -0.05) is 94.8 Å². The highest BCUT2D eigenvalue weighted by atomic mass is 79.9. The Morgan fingerprint density at radius 1 is 0.645 bits per heavy atom. The van der Waals surface area contributed by atoms with Crippen molar-refractivity contribution < 1.29 is 0 Å². The topological polar surface area (TPSA) is 4.93 Å². The van der Waals surface area contributed by atoms with Gasteiger partial charge in [0.1, 0.15) is 4.83 Å². The second-order valence-corrected chi connectivity index (χ2v) is 9.50. The fraction of sp³-hybridized carbons (Fsp3) is 0. The zero-order valence-electron chi connectivity index (χ0n) is 16.6. The SMILES string of the molecule is Brc1ccc2sc3c(c(-c4ccccc4)c(-c4ccccc4)n3-c3ccccc3)c2c1. The molecule has 0 atom stereocenters. The van der Waals surface area contributed by atoms with Gasteiger partial charge in [-0.05, 0) is 41.5 Å². The van der Waals surface area contributed by atoms with Crippen molar-refractivity contribution in [1.29, 1.82) is 0 Å². The molecular formula is C28H18BrNS. The lowest BCUT2D eigenvalue weighted by Crippen LogP contribution is -1.96. The van der Waals surface area contributed by atoms with Gasteiger partial charge in [0.15, 0.2) is 0 Å². The summed E-state index contributed by atoms with van der Waals surface area (Å²) in [6.07, 6.45) is 0.